The number of aromatic nitrogens is 2. The fourth-order valence-electron chi connectivity index (χ4n) is 1.76. The van der Waals surface area contributed by atoms with E-state index >= 15 is 0 Å². The largest absolute Gasteiger partial charge is 0.298 e. The Morgan fingerprint density at radius 2 is 2.12 bits per heavy atom. The zero-order chi connectivity index (χ0) is 11.7. The highest BCUT2D eigenvalue weighted by Crippen LogP contribution is 2.28. The second-order valence-corrected chi connectivity index (χ2v) is 3.67. The molecule has 1 heterocycles. The molecule has 0 aliphatic carbocycles. The minimum atomic E-state index is -0.349. The minimum Gasteiger partial charge on any atom is -0.298 e. The molecular weight excluding hydrogens is 207 g/mol. The number of aryl methyl sites for hydroxylation is 2. The quantitative estimate of drug-likeness (QED) is 0.787. The molecule has 1 aromatic carbocycles. The average Bonchev–Trinajstić information content (AvgIpc) is 2.60. The number of hydrogen-bond donors (Lipinski definition) is 1. The summed E-state index contributed by atoms with van der Waals surface area (Å²) in [5, 5.41) is 6.80. The minimum absolute atomic E-state index is 0.349. The number of carbonyl (C=O) groups is 1. The van der Waals surface area contributed by atoms with Crippen molar-refractivity contribution < 1.29 is 9.18 Å². The Kier molecular flexibility index (Phi) is 2.56. The molecule has 0 saturated carbocycles. The third kappa shape index (κ3) is 1.62. The van der Waals surface area contributed by atoms with Crippen LogP contribution in [0, 0.1) is 19.7 Å². The van der Waals surface area contributed by atoms with Crippen LogP contribution in [-0.2, 0) is 0 Å². The van der Waals surface area contributed by atoms with Crippen LogP contribution in [0.1, 0.15) is 21.7 Å². The van der Waals surface area contributed by atoms with Gasteiger partial charge < -0.3 is 0 Å². The molecule has 1 N–H and O–H groups in total. The molecule has 0 saturated heterocycles. The highest BCUT2D eigenvalue weighted by molar-refractivity contribution is 5.80. The molecule has 82 valence electrons. The van der Waals surface area contributed by atoms with Crippen molar-refractivity contribution in [2.75, 3.05) is 0 Å². The van der Waals surface area contributed by atoms with E-state index in [4.69, 9.17) is 0 Å². The Morgan fingerprint density at radius 3 is 2.69 bits per heavy atom. The number of rotatable bonds is 2. The Balaban J connectivity index is 2.67. The topological polar surface area (TPSA) is 45.8 Å². The highest BCUT2D eigenvalue weighted by atomic mass is 19.1. The average molecular weight is 218 g/mol. The van der Waals surface area contributed by atoms with Gasteiger partial charge >= 0.3 is 0 Å². The molecular formula is C12H11FN2O. The first-order chi connectivity index (χ1) is 7.63. The van der Waals surface area contributed by atoms with Crippen LogP contribution in [0.2, 0.25) is 0 Å². The van der Waals surface area contributed by atoms with E-state index in [1.54, 1.807) is 6.92 Å². The summed E-state index contributed by atoms with van der Waals surface area (Å²) >= 11 is 0. The fourth-order valence-corrected chi connectivity index (χ4v) is 1.76. The monoisotopic (exact) mass is 218 g/mol. The first-order valence-corrected chi connectivity index (χ1v) is 4.90. The zero-order valence-corrected chi connectivity index (χ0v) is 9.04. The van der Waals surface area contributed by atoms with Gasteiger partial charge in [-0.1, -0.05) is 0 Å². The van der Waals surface area contributed by atoms with E-state index in [1.807, 2.05) is 6.92 Å². The smallest absolute Gasteiger partial charge is 0.150 e. The van der Waals surface area contributed by atoms with Crippen molar-refractivity contribution in [3.63, 3.8) is 0 Å². The lowest BCUT2D eigenvalue weighted by Gasteiger charge is -2.04. The van der Waals surface area contributed by atoms with Gasteiger partial charge in [0.15, 0.2) is 0 Å². The molecule has 1 aromatic heterocycles. The van der Waals surface area contributed by atoms with E-state index < -0.39 is 0 Å². The van der Waals surface area contributed by atoms with Gasteiger partial charge in [0.25, 0.3) is 0 Å². The summed E-state index contributed by atoms with van der Waals surface area (Å²) < 4.78 is 13.7. The van der Waals surface area contributed by atoms with Crippen molar-refractivity contribution in [3.05, 3.63) is 41.0 Å². The molecule has 0 atom stereocenters. The van der Waals surface area contributed by atoms with Gasteiger partial charge in [0.1, 0.15) is 12.1 Å². The first kappa shape index (κ1) is 10.5. The lowest BCUT2D eigenvalue weighted by molar-refractivity contribution is 0.112. The SMILES string of the molecule is Cc1n[nH]c(C)c1-c1cc(C=O)ccc1F. The molecule has 0 bridgehead atoms. The number of nitrogens with zero attached hydrogens (tertiary/aromatic N) is 1. The van der Waals surface area contributed by atoms with Crippen LogP contribution in [0.15, 0.2) is 18.2 Å². The van der Waals surface area contributed by atoms with Crippen LogP contribution in [0.4, 0.5) is 4.39 Å². The summed E-state index contributed by atoms with van der Waals surface area (Å²) in [6, 6.07) is 4.29. The summed E-state index contributed by atoms with van der Waals surface area (Å²) in [5.41, 5.74) is 3.10. The van der Waals surface area contributed by atoms with Crippen molar-refractivity contribution in [1.29, 1.82) is 0 Å². The maximum atomic E-state index is 13.7. The van der Waals surface area contributed by atoms with Gasteiger partial charge in [-0.05, 0) is 32.0 Å². The number of aromatic amines is 1. The molecule has 3 nitrogen and oxygen atoms in total. The number of H-pyrrole nitrogens is 1. The number of aldehydes is 1. The lowest BCUT2D eigenvalue weighted by atomic mass is 10.0. The lowest BCUT2D eigenvalue weighted by Crippen LogP contribution is -1.90. The summed E-state index contributed by atoms with van der Waals surface area (Å²) in [4.78, 5) is 10.7. The van der Waals surface area contributed by atoms with E-state index in [1.165, 1.54) is 18.2 Å². The molecule has 0 fully saturated rings. The third-order valence-corrected chi connectivity index (χ3v) is 2.52. The van der Waals surface area contributed by atoms with Gasteiger partial charge in [-0.3, -0.25) is 9.89 Å². The molecule has 4 heteroatoms. The van der Waals surface area contributed by atoms with E-state index in [0.29, 0.717) is 17.4 Å². The summed E-state index contributed by atoms with van der Waals surface area (Å²) in [6.45, 7) is 3.62. The first-order valence-electron chi connectivity index (χ1n) is 4.90. The third-order valence-electron chi connectivity index (χ3n) is 2.52. The molecule has 0 radical (unpaired) electrons. The molecule has 16 heavy (non-hydrogen) atoms. The molecule has 0 amide bonds. The normalized spacial score (nSPS) is 10.4. The Bertz CT molecular complexity index is 526. The highest BCUT2D eigenvalue weighted by Gasteiger charge is 2.13. The molecule has 0 spiro atoms. The summed E-state index contributed by atoms with van der Waals surface area (Å²) in [5.74, 6) is -0.349. The second-order valence-electron chi connectivity index (χ2n) is 3.67. The summed E-state index contributed by atoms with van der Waals surface area (Å²) in [7, 11) is 0. The Labute approximate surface area is 92.3 Å². The predicted molar refractivity (Wildman–Crippen MR) is 58.8 cm³/mol. The van der Waals surface area contributed by atoms with Crippen LogP contribution in [0.5, 0.6) is 0 Å². The zero-order valence-electron chi connectivity index (χ0n) is 9.04. The number of benzene rings is 1. The Hall–Kier alpha value is -1.97. The van der Waals surface area contributed by atoms with Crippen LogP contribution in [0.25, 0.3) is 11.1 Å². The van der Waals surface area contributed by atoms with Crippen LogP contribution < -0.4 is 0 Å². The van der Waals surface area contributed by atoms with Crippen LogP contribution >= 0.6 is 0 Å². The number of halogens is 1. The number of hydrogen-bond acceptors (Lipinski definition) is 2. The maximum Gasteiger partial charge on any atom is 0.150 e. The number of nitrogens with one attached hydrogen (secondary N) is 1. The van der Waals surface area contributed by atoms with Crippen molar-refractivity contribution in [2.24, 2.45) is 0 Å². The second kappa shape index (κ2) is 3.89. The van der Waals surface area contributed by atoms with Crippen molar-refractivity contribution in [2.45, 2.75) is 13.8 Å². The van der Waals surface area contributed by atoms with Crippen molar-refractivity contribution >= 4 is 6.29 Å². The molecule has 2 aromatic rings. The Morgan fingerprint density at radius 1 is 1.38 bits per heavy atom. The van der Waals surface area contributed by atoms with Gasteiger partial charge in [-0.2, -0.15) is 5.10 Å². The van der Waals surface area contributed by atoms with E-state index in [-0.39, 0.29) is 5.82 Å². The van der Waals surface area contributed by atoms with Crippen LogP contribution in [-0.4, -0.2) is 16.5 Å². The van der Waals surface area contributed by atoms with E-state index in [0.717, 1.165) is 17.0 Å². The maximum absolute atomic E-state index is 13.7. The molecule has 0 aliphatic heterocycles. The van der Waals surface area contributed by atoms with Gasteiger partial charge in [0.2, 0.25) is 0 Å². The van der Waals surface area contributed by atoms with Gasteiger partial charge in [0, 0.05) is 22.4 Å². The van der Waals surface area contributed by atoms with Crippen molar-refractivity contribution in [3.8, 4) is 11.1 Å². The van der Waals surface area contributed by atoms with Gasteiger partial charge in [-0.25, -0.2) is 4.39 Å². The predicted octanol–water partition coefficient (Wildman–Crippen LogP) is 2.65. The van der Waals surface area contributed by atoms with Crippen LogP contribution in [0.3, 0.4) is 0 Å². The van der Waals surface area contributed by atoms with E-state index in [9.17, 15) is 9.18 Å². The van der Waals surface area contributed by atoms with Crippen molar-refractivity contribution in [1.82, 2.24) is 10.2 Å². The standard InChI is InChI=1S/C12H11FN2O/c1-7-12(8(2)15-14-7)10-5-9(6-16)3-4-11(10)13/h3-6H,1-2H3,(H,14,15). The molecule has 2 rings (SSSR count). The molecule has 0 unspecified atom stereocenters. The van der Waals surface area contributed by atoms with E-state index in [2.05, 4.69) is 10.2 Å². The van der Waals surface area contributed by atoms with Gasteiger partial charge in [-0.15, -0.1) is 0 Å². The summed E-state index contributed by atoms with van der Waals surface area (Å²) in [6.07, 6.45) is 0.702. The number of carbonyl (C=O) groups excluding carboxylic acids is 1. The fraction of sp³-hybridized carbons (Fsp3) is 0.167. The molecule has 0 aliphatic rings. The van der Waals surface area contributed by atoms with Gasteiger partial charge in [0.05, 0.1) is 5.69 Å².